The van der Waals surface area contributed by atoms with Crippen molar-refractivity contribution in [1.29, 1.82) is 0 Å². The summed E-state index contributed by atoms with van der Waals surface area (Å²) in [6.45, 7) is 6.80. The number of rotatable bonds is 4. The molecule has 0 radical (unpaired) electrons. The van der Waals surface area contributed by atoms with Crippen LogP contribution in [0.3, 0.4) is 0 Å². The summed E-state index contributed by atoms with van der Waals surface area (Å²) in [5.41, 5.74) is 3.73. The molecule has 0 saturated carbocycles. The lowest BCUT2D eigenvalue weighted by Gasteiger charge is -2.30. The van der Waals surface area contributed by atoms with Gasteiger partial charge >= 0.3 is 0 Å². The number of methoxy groups -OCH3 is 1. The highest BCUT2D eigenvalue weighted by Gasteiger charge is 2.33. The van der Waals surface area contributed by atoms with Gasteiger partial charge in [0.1, 0.15) is 5.75 Å². The summed E-state index contributed by atoms with van der Waals surface area (Å²) in [6.07, 6.45) is 0. The SMILES string of the molecule is COc1cccc(C2C(C(C)=O)=C(C)NC(C)=C2C(C)=O)c1. The maximum absolute atomic E-state index is 12.2. The Hall–Kier alpha value is -2.36. The number of carbonyl (C=O) groups is 2. The maximum Gasteiger partial charge on any atom is 0.158 e. The van der Waals surface area contributed by atoms with Crippen LogP contribution in [0.4, 0.5) is 0 Å². The number of dihydropyridines is 1. The monoisotopic (exact) mass is 299 g/mol. The zero-order chi connectivity index (χ0) is 16.4. The summed E-state index contributed by atoms with van der Waals surface area (Å²) in [7, 11) is 1.60. The third-order valence-corrected chi connectivity index (χ3v) is 3.95. The quantitative estimate of drug-likeness (QED) is 0.928. The number of ether oxygens (including phenoxy) is 1. The third kappa shape index (κ3) is 2.82. The second-order valence-electron chi connectivity index (χ2n) is 5.52. The number of hydrogen-bond acceptors (Lipinski definition) is 4. The minimum absolute atomic E-state index is 0.0379. The Labute approximate surface area is 130 Å². The topological polar surface area (TPSA) is 55.4 Å². The summed E-state index contributed by atoms with van der Waals surface area (Å²) in [4.78, 5) is 24.3. The summed E-state index contributed by atoms with van der Waals surface area (Å²) in [5.74, 6) is 0.275. The fourth-order valence-corrected chi connectivity index (χ4v) is 3.08. The molecule has 116 valence electrons. The van der Waals surface area contributed by atoms with Crippen LogP contribution in [0, 0.1) is 0 Å². The third-order valence-electron chi connectivity index (χ3n) is 3.95. The first-order valence-electron chi connectivity index (χ1n) is 7.21. The van der Waals surface area contributed by atoms with E-state index in [2.05, 4.69) is 5.32 Å². The number of ketones is 2. The Bertz CT molecular complexity index is 662. The summed E-state index contributed by atoms with van der Waals surface area (Å²) in [5, 5.41) is 3.16. The molecule has 1 aromatic carbocycles. The van der Waals surface area contributed by atoms with E-state index in [0.717, 1.165) is 17.0 Å². The molecule has 2 rings (SSSR count). The molecule has 0 aliphatic carbocycles. The molecule has 4 nitrogen and oxygen atoms in total. The van der Waals surface area contributed by atoms with Gasteiger partial charge in [0, 0.05) is 28.5 Å². The van der Waals surface area contributed by atoms with Gasteiger partial charge in [-0.25, -0.2) is 0 Å². The number of benzene rings is 1. The Morgan fingerprint density at radius 3 is 2.05 bits per heavy atom. The molecule has 1 aliphatic heterocycles. The van der Waals surface area contributed by atoms with Crippen LogP contribution in [0.2, 0.25) is 0 Å². The number of nitrogens with one attached hydrogen (secondary N) is 1. The van der Waals surface area contributed by atoms with Crippen LogP contribution in [0.5, 0.6) is 5.75 Å². The number of allylic oxidation sites excluding steroid dienone is 4. The van der Waals surface area contributed by atoms with E-state index in [0.29, 0.717) is 16.9 Å². The van der Waals surface area contributed by atoms with Crippen LogP contribution in [0.15, 0.2) is 46.8 Å². The van der Waals surface area contributed by atoms with Crippen molar-refractivity contribution in [2.24, 2.45) is 0 Å². The van der Waals surface area contributed by atoms with Crippen molar-refractivity contribution in [1.82, 2.24) is 5.32 Å². The van der Waals surface area contributed by atoms with E-state index in [4.69, 9.17) is 4.74 Å². The van der Waals surface area contributed by atoms with E-state index in [1.54, 1.807) is 7.11 Å². The lowest BCUT2D eigenvalue weighted by molar-refractivity contribution is -0.114. The highest BCUT2D eigenvalue weighted by Crippen LogP contribution is 2.39. The van der Waals surface area contributed by atoms with Crippen LogP contribution >= 0.6 is 0 Å². The van der Waals surface area contributed by atoms with E-state index in [9.17, 15) is 9.59 Å². The molecular weight excluding hydrogens is 278 g/mol. The molecule has 0 atom stereocenters. The zero-order valence-electron chi connectivity index (χ0n) is 13.6. The fourth-order valence-electron chi connectivity index (χ4n) is 3.08. The van der Waals surface area contributed by atoms with Crippen LogP contribution in [-0.4, -0.2) is 18.7 Å². The Morgan fingerprint density at radius 2 is 1.59 bits per heavy atom. The van der Waals surface area contributed by atoms with Crippen LogP contribution in [0.1, 0.15) is 39.2 Å². The Balaban J connectivity index is 2.69. The number of carbonyl (C=O) groups excluding carboxylic acids is 2. The van der Waals surface area contributed by atoms with Crippen molar-refractivity contribution in [2.45, 2.75) is 33.6 Å². The van der Waals surface area contributed by atoms with Crippen LogP contribution in [-0.2, 0) is 9.59 Å². The van der Waals surface area contributed by atoms with Crippen molar-refractivity contribution < 1.29 is 14.3 Å². The van der Waals surface area contributed by atoms with E-state index >= 15 is 0 Å². The summed E-state index contributed by atoms with van der Waals surface area (Å²) < 4.78 is 5.27. The first kappa shape index (κ1) is 16.0. The summed E-state index contributed by atoms with van der Waals surface area (Å²) in [6, 6.07) is 7.52. The van der Waals surface area contributed by atoms with E-state index in [1.165, 1.54) is 13.8 Å². The van der Waals surface area contributed by atoms with Gasteiger partial charge in [-0.05, 0) is 45.4 Å². The lowest BCUT2D eigenvalue weighted by atomic mass is 9.77. The average molecular weight is 299 g/mol. The molecule has 1 aromatic rings. The van der Waals surface area contributed by atoms with Gasteiger partial charge in [0.2, 0.25) is 0 Å². The van der Waals surface area contributed by atoms with Crippen molar-refractivity contribution >= 4 is 11.6 Å². The molecule has 0 bridgehead atoms. The molecule has 0 unspecified atom stereocenters. The van der Waals surface area contributed by atoms with Gasteiger partial charge < -0.3 is 10.1 Å². The minimum Gasteiger partial charge on any atom is -0.497 e. The molecule has 1 heterocycles. The predicted octanol–water partition coefficient (Wildman–Crippen LogP) is 3.11. The first-order valence-corrected chi connectivity index (χ1v) is 7.21. The first-order chi connectivity index (χ1) is 10.4. The molecule has 0 saturated heterocycles. The zero-order valence-corrected chi connectivity index (χ0v) is 13.6. The van der Waals surface area contributed by atoms with Gasteiger partial charge in [-0.3, -0.25) is 9.59 Å². The molecule has 1 aliphatic rings. The Kier molecular flexibility index (Phi) is 4.50. The average Bonchev–Trinajstić information content (AvgIpc) is 2.45. The molecule has 0 fully saturated rings. The molecule has 22 heavy (non-hydrogen) atoms. The number of hydrogen-bond donors (Lipinski definition) is 1. The second-order valence-corrected chi connectivity index (χ2v) is 5.52. The van der Waals surface area contributed by atoms with Crippen molar-refractivity contribution in [3.8, 4) is 5.75 Å². The smallest absolute Gasteiger partial charge is 0.158 e. The second kappa shape index (κ2) is 6.18. The lowest BCUT2D eigenvalue weighted by Crippen LogP contribution is -2.29. The molecule has 0 spiro atoms. The van der Waals surface area contributed by atoms with Gasteiger partial charge in [0.15, 0.2) is 11.6 Å². The normalized spacial score (nSPS) is 15.7. The van der Waals surface area contributed by atoms with E-state index < -0.39 is 0 Å². The minimum atomic E-state index is -0.355. The highest BCUT2D eigenvalue weighted by atomic mass is 16.5. The van der Waals surface area contributed by atoms with Crippen molar-refractivity contribution in [2.75, 3.05) is 7.11 Å². The molecular formula is C18H21NO3. The van der Waals surface area contributed by atoms with Crippen molar-refractivity contribution in [3.05, 3.63) is 52.4 Å². The van der Waals surface area contributed by atoms with Gasteiger partial charge in [-0.1, -0.05) is 12.1 Å². The maximum atomic E-state index is 12.2. The van der Waals surface area contributed by atoms with Crippen LogP contribution < -0.4 is 10.1 Å². The highest BCUT2D eigenvalue weighted by molar-refractivity contribution is 6.03. The van der Waals surface area contributed by atoms with E-state index in [1.807, 2.05) is 38.1 Å². The molecule has 0 amide bonds. The number of Topliss-reactive ketones (excluding diaryl/α,β-unsaturated/α-hetero) is 2. The standard InChI is InChI=1S/C18H21NO3/c1-10-16(12(3)20)18(17(13(4)21)11(2)19-10)14-7-6-8-15(9-14)22-5/h6-9,18-19H,1-5H3. The van der Waals surface area contributed by atoms with Gasteiger partial charge in [-0.2, -0.15) is 0 Å². The largest absolute Gasteiger partial charge is 0.497 e. The van der Waals surface area contributed by atoms with Gasteiger partial charge in [0.25, 0.3) is 0 Å². The Morgan fingerprint density at radius 1 is 1.05 bits per heavy atom. The fraction of sp³-hybridized carbons (Fsp3) is 0.333. The predicted molar refractivity (Wildman–Crippen MR) is 85.6 cm³/mol. The van der Waals surface area contributed by atoms with Crippen molar-refractivity contribution in [3.63, 3.8) is 0 Å². The van der Waals surface area contributed by atoms with Gasteiger partial charge in [-0.15, -0.1) is 0 Å². The molecule has 1 N–H and O–H groups in total. The van der Waals surface area contributed by atoms with E-state index in [-0.39, 0.29) is 17.5 Å². The van der Waals surface area contributed by atoms with Gasteiger partial charge in [0.05, 0.1) is 7.11 Å². The summed E-state index contributed by atoms with van der Waals surface area (Å²) >= 11 is 0. The molecule has 0 aromatic heterocycles. The van der Waals surface area contributed by atoms with Crippen LogP contribution in [0.25, 0.3) is 0 Å². The molecule has 4 heteroatoms.